The molecule has 7 heteroatoms. The number of rotatable bonds is 2. The Morgan fingerprint density at radius 1 is 1.10 bits per heavy atom. The van der Waals surface area contributed by atoms with Gasteiger partial charge in [0, 0.05) is 35.5 Å². The molecule has 162 valence electrons. The summed E-state index contributed by atoms with van der Waals surface area (Å²) in [5.41, 5.74) is 8.68. The Morgan fingerprint density at radius 2 is 1.97 bits per heavy atom. The van der Waals surface area contributed by atoms with Crippen molar-refractivity contribution in [1.82, 2.24) is 9.88 Å². The van der Waals surface area contributed by atoms with Gasteiger partial charge in [0.1, 0.15) is 24.0 Å². The molecule has 2 N–H and O–H groups in total. The van der Waals surface area contributed by atoms with E-state index in [1.807, 2.05) is 12.3 Å². The highest BCUT2D eigenvalue weighted by Crippen LogP contribution is 2.53. The molecule has 1 aromatic heterocycles. The average molecular weight is 439 g/mol. The predicted octanol–water partition coefficient (Wildman–Crippen LogP) is 3.97. The topological polar surface area (TPSA) is 73.0 Å². The molecule has 1 saturated carbocycles. The van der Waals surface area contributed by atoms with Crippen molar-refractivity contribution < 1.29 is 9.47 Å². The molecule has 0 radical (unpaired) electrons. The molecule has 1 aromatic carbocycles. The number of fused-ring (bicyclic) bond motifs is 4. The maximum absolute atomic E-state index is 6.56. The lowest BCUT2D eigenvalue weighted by molar-refractivity contribution is -0.0193. The number of nitrogens with two attached hydrogens (primary N) is 1. The first-order valence-corrected chi connectivity index (χ1v) is 11.6. The van der Waals surface area contributed by atoms with Crippen molar-refractivity contribution in [3.05, 3.63) is 47.2 Å². The van der Waals surface area contributed by atoms with Crippen LogP contribution in [-0.2, 0) is 10.3 Å². The minimum Gasteiger partial charge on any atom is -0.490 e. The standard InChI is InChI=1S/C24H27ClN4O2/c25-17-9-16(12-27-13-17)15-3-5-21-19(10-15)24(14-30-23(26)28-24)20-11-18(4-6-22(20)31-21)29-7-1-2-8-29/h3,5,9-10,12-13,18,20,22H,1-2,4,6-8,11,14H2,(H2,26,28)/t18?,20?,22-,24?/m0/s1. The zero-order valence-electron chi connectivity index (χ0n) is 17.5. The van der Waals surface area contributed by atoms with Gasteiger partial charge in [0.2, 0.25) is 0 Å². The van der Waals surface area contributed by atoms with E-state index in [2.05, 4.69) is 28.1 Å². The number of hydrogen-bond donors (Lipinski definition) is 1. The summed E-state index contributed by atoms with van der Waals surface area (Å²) in [6.07, 6.45) is 9.52. The van der Waals surface area contributed by atoms with Gasteiger partial charge in [-0.05, 0) is 69.0 Å². The van der Waals surface area contributed by atoms with E-state index in [0.29, 0.717) is 17.7 Å². The fourth-order valence-corrected chi connectivity index (χ4v) is 6.23. The Labute approximate surface area is 187 Å². The maximum atomic E-state index is 6.56. The largest absolute Gasteiger partial charge is 0.490 e. The predicted molar refractivity (Wildman–Crippen MR) is 120 cm³/mol. The molecule has 31 heavy (non-hydrogen) atoms. The smallest absolute Gasteiger partial charge is 0.283 e. The third kappa shape index (κ3) is 3.19. The Bertz CT molecular complexity index is 1040. The number of likely N-dealkylation sites (tertiary alicyclic amines) is 1. The Hall–Kier alpha value is -2.31. The van der Waals surface area contributed by atoms with E-state index in [0.717, 1.165) is 35.3 Å². The van der Waals surface area contributed by atoms with E-state index in [1.165, 1.54) is 32.4 Å². The lowest BCUT2D eigenvalue weighted by Gasteiger charge is -2.49. The highest BCUT2D eigenvalue weighted by atomic mass is 35.5. The van der Waals surface area contributed by atoms with Crippen LogP contribution in [-0.4, -0.2) is 47.7 Å². The zero-order chi connectivity index (χ0) is 21.0. The van der Waals surface area contributed by atoms with Gasteiger partial charge in [-0.2, -0.15) is 0 Å². The fourth-order valence-electron chi connectivity index (χ4n) is 6.06. The summed E-state index contributed by atoms with van der Waals surface area (Å²) in [7, 11) is 0. The summed E-state index contributed by atoms with van der Waals surface area (Å²) in [4.78, 5) is 11.9. The lowest BCUT2D eigenvalue weighted by Crippen LogP contribution is -2.54. The molecular formula is C24H27ClN4O2. The van der Waals surface area contributed by atoms with Gasteiger partial charge in [-0.15, -0.1) is 0 Å². The van der Waals surface area contributed by atoms with Crippen molar-refractivity contribution in [2.24, 2.45) is 16.6 Å². The van der Waals surface area contributed by atoms with Crippen LogP contribution in [0, 0.1) is 5.92 Å². The van der Waals surface area contributed by atoms with Crippen molar-refractivity contribution in [3.63, 3.8) is 0 Å². The van der Waals surface area contributed by atoms with E-state index >= 15 is 0 Å². The molecule has 4 heterocycles. The monoisotopic (exact) mass is 438 g/mol. The van der Waals surface area contributed by atoms with Gasteiger partial charge in [0.15, 0.2) is 0 Å². The van der Waals surface area contributed by atoms with Crippen LogP contribution in [0.15, 0.2) is 41.7 Å². The summed E-state index contributed by atoms with van der Waals surface area (Å²) in [5, 5.41) is 0.619. The second kappa shape index (κ2) is 7.38. The number of ether oxygens (including phenoxy) is 2. The van der Waals surface area contributed by atoms with Crippen molar-refractivity contribution in [1.29, 1.82) is 0 Å². The Balaban J connectivity index is 1.43. The number of amidine groups is 1. The van der Waals surface area contributed by atoms with Crippen LogP contribution < -0.4 is 10.5 Å². The minimum atomic E-state index is -0.497. The van der Waals surface area contributed by atoms with Crippen LogP contribution in [0.2, 0.25) is 5.02 Å². The number of nitrogens with zero attached hydrogens (tertiary/aromatic N) is 3. The normalized spacial score (nSPS) is 32.2. The summed E-state index contributed by atoms with van der Waals surface area (Å²) in [5.74, 6) is 1.13. The van der Waals surface area contributed by atoms with Crippen LogP contribution in [0.5, 0.6) is 5.75 Å². The first-order chi connectivity index (χ1) is 15.1. The van der Waals surface area contributed by atoms with Crippen molar-refractivity contribution >= 4 is 17.6 Å². The number of hydrogen-bond acceptors (Lipinski definition) is 6. The van der Waals surface area contributed by atoms with Crippen molar-refractivity contribution in [3.8, 4) is 16.9 Å². The van der Waals surface area contributed by atoms with E-state index in [-0.39, 0.29) is 18.0 Å². The SMILES string of the molecule is NC1=NC2(CO1)c1cc(-c3cncc(Cl)c3)ccc1O[C@H]1CCC(N3CCCC3)CC12. The first kappa shape index (κ1) is 19.4. The van der Waals surface area contributed by atoms with E-state index in [9.17, 15) is 0 Å². The van der Waals surface area contributed by atoms with E-state index in [1.54, 1.807) is 6.20 Å². The fraction of sp³-hybridized carbons (Fsp3) is 0.500. The van der Waals surface area contributed by atoms with E-state index in [4.69, 9.17) is 31.8 Å². The molecular weight excluding hydrogens is 412 g/mol. The third-order valence-electron chi connectivity index (χ3n) is 7.54. The molecule has 4 aliphatic rings. The third-order valence-corrected chi connectivity index (χ3v) is 7.75. The molecule has 0 amide bonds. The van der Waals surface area contributed by atoms with Crippen LogP contribution in [0.3, 0.4) is 0 Å². The highest BCUT2D eigenvalue weighted by molar-refractivity contribution is 6.30. The van der Waals surface area contributed by atoms with Gasteiger partial charge >= 0.3 is 0 Å². The zero-order valence-corrected chi connectivity index (χ0v) is 18.2. The molecule has 3 aliphatic heterocycles. The van der Waals surface area contributed by atoms with Gasteiger partial charge in [-0.3, -0.25) is 4.98 Å². The second-order valence-corrected chi connectivity index (χ2v) is 9.67. The molecule has 2 aromatic rings. The Morgan fingerprint density at radius 3 is 2.74 bits per heavy atom. The Kier molecular flexibility index (Phi) is 4.62. The molecule has 6 nitrogen and oxygen atoms in total. The summed E-state index contributed by atoms with van der Waals surface area (Å²) < 4.78 is 12.4. The molecule has 6 rings (SSSR count). The number of benzene rings is 1. The number of aliphatic imine (C=N–C) groups is 1. The summed E-state index contributed by atoms with van der Waals surface area (Å²) >= 11 is 6.20. The van der Waals surface area contributed by atoms with Crippen LogP contribution in [0.25, 0.3) is 11.1 Å². The average Bonchev–Trinajstić information content (AvgIpc) is 3.45. The molecule has 3 unspecified atom stereocenters. The second-order valence-electron chi connectivity index (χ2n) is 9.24. The molecule has 4 atom stereocenters. The molecule has 0 bridgehead atoms. The van der Waals surface area contributed by atoms with Crippen LogP contribution in [0.4, 0.5) is 0 Å². The van der Waals surface area contributed by atoms with Crippen LogP contribution >= 0.6 is 11.6 Å². The minimum absolute atomic E-state index is 0.142. The van der Waals surface area contributed by atoms with Gasteiger partial charge < -0.3 is 20.1 Å². The molecule has 1 spiro atoms. The molecule has 1 saturated heterocycles. The van der Waals surface area contributed by atoms with Crippen molar-refractivity contribution in [2.45, 2.75) is 49.8 Å². The van der Waals surface area contributed by atoms with Crippen LogP contribution in [0.1, 0.15) is 37.7 Å². The number of pyridine rings is 1. The van der Waals surface area contributed by atoms with Gasteiger partial charge in [0.05, 0.1) is 5.02 Å². The summed E-state index contributed by atoms with van der Waals surface area (Å²) in [6.45, 7) is 2.89. The van der Waals surface area contributed by atoms with Gasteiger partial charge in [-0.25, -0.2) is 4.99 Å². The molecule has 2 fully saturated rings. The summed E-state index contributed by atoms with van der Waals surface area (Å²) in [6, 6.07) is 9.10. The van der Waals surface area contributed by atoms with Crippen molar-refractivity contribution in [2.75, 3.05) is 19.7 Å². The quantitative estimate of drug-likeness (QED) is 0.768. The number of halogens is 1. The highest BCUT2D eigenvalue weighted by Gasteiger charge is 2.56. The molecule has 1 aliphatic carbocycles. The lowest BCUT2D eigenvalue weighted by atomic mass is 9.66. The van der Waals surface area contributed by atoms with E-state index < -0.39 is 5.54 Å². The van der Waals surface area contributed by atoms with Gasteiger partial charge in [0.25, 0.3) is 6.02 Å². The first-order valence-electron chi connectivity index (χ1n) is 11.3. The van der Waals surface area contributed by atoms with Gasteiger partial charge in [-0.1, -0.05) is 17.7 Å². The maximum Gasteiger partial charge on any atom is 0.283 e. The number of aromatic nitrogens is 1.